The van der Waals surface area contributed by atoms with Gasteiger partial charge in [0.1, 0.15) is 5.75 Å². The first kappa shape index (κ1) is 16.9. The third-order valence-corrected chi connectivity index (χ3v) is 5.76. The van der Waals surface area contributed by atoms with E-state index in [0.29, 0.717) is 0 Å². The van der Waals surface area contributed by atoms with Crippen molar-refractivity contribution in [2.24, 2.45) is 0 Å². The SMILES string of the molecule is COc1ccc2c(c1)CCN(c1ccccc1)C2c1ccc2ccccc2c1. The summed E-state index contributed by atoms with van der Waals surface area (Å²) in [6.45, 7) is 0.988. The molecule has 1 heterocycles. The molecule has 0 bridgehead atoms. The van der Waals surface area contributed by atoms with Gasteiger partial charge >= 0.3 is 0 Å². The van der Waals surface area contributed by atoms with Gasteiger partial charge in [0.05, 0.1) is 13.2 Å². The number of rotatable bonds is 3. The molecule has 1 atom stereocenters. The molecule has 0 amide bonds. The van der Waals surface area contributed by atoms with E-state index >= 15 is 0 Å². The van der Waals surface area contributed by atoms with Crippen LogP contribution in [-0.4, -0.2) is 13.7 Å². The van der Waals surface area contributed by atoms with Crippen LogP contribution in [0.3, 0.4) is 0 Å². The fraction of sp³-hybridized carbons (Fsp3) is 0.154. The zero-order valence-corrected chi connectivity index (χ0v) is 16.0. The van der Waals surface area contributed by atoms with E-state index in [-0.39, 0.29) is 6.04 Å². The van der Waals surface area contributed by atoms with Gasteiger partial charge in [0.2, 0.25) is 0 Å². The van der Waals surface area contributed by atoms with Crippen molar-refractivity contribution in [2.45, 2.75) is 12.5 Å². The highest BCUT2D eigenvalue weighted by molar-refractivity contribution is 5.83. The molecule has 0 aromatic heterocycles. The maximum absolute atomic E-state index is 5.48. The minimum atomic E-state index is 0.196. The maximum atomic E-state index is 5.48. The summed E-state index contributed by atoms with van der Waals surface area (Å²) in [5, 5.41) is 2.57. The molecule has 5 rings (SSSR count). The Hall–Kier alpha value is -3.26. The summed E-state index contributed by atoms with van der Waals surface area (Å²) in [4.78, 5) is 2.53. The molecule has 138 valence electrons. The van der Waals surface area contributed by atoms with Gasteiger partial charge < -0.3 is 9.64 Å². The predicted molar refractivity (Wildman–Crippen MR) is 116 cm³/mol. The average molecular weight is 365 g/mol. The molecule has 28 heavy (non-hydrogen) atoms. The molecule has 0 fully saturated rings. The van der Waals surface area contributed by atoms with E-state index in [1.807, 2.05) is 0 Å². The number of para-hydroxylation sites is 1. The molecule has 2 heteroatoms. The Bertz CT molecular complexity index is 1120. The maximum Gasteiger partial charge on any atom is 0.119 e. The number of methoxy groups -OCH3 is 1. The Kier molecular flexibility index (Phi) is 4.25. The lowest BCUT2D eigenvalue weighted by Crippen LogP contribution is -2.36. The van der Waals surface area contributed by atoms with Crippen LogP contribution in [0.15, 0.2) is 91.0 Å². The highest BCUT2D eigenvalue weighted by atomic mass is 16.5. The Balaban J connectivity index is 1.68. The van der Waals surface area contributed by atoms with Crippen LogP contribution in [0.2, 0.25) is 0 Å². The lowest BCUT2D eigenvalue weighted by atomic mass is 9.87. The standard InChI is InChI=1S/C26H23NO/c1-28-24-13-14-25-21(18-24)15-16-27(23-9-3-2-4-10-23)26(25)22-12-11-19-7-5-6-8-20(19)17-22/h2-14,17-18,26H,15-16H2,1H3. The minimum Gasteiger partial charge on any atom is -0.497 e. The van der Waals surface area contributed by atoms with Crippen molar-refractivity contribution in [1.82, 2.24) is 0 Å². The second-order valence-corrected chi connectivity index (χ2v) is 7.35. The second-order valence-electron chi connectivity index (χ2n) is 7.35. The minimum absolute atomic E-state index is 0.196. The van der Waals surface area contributed by atoms with Gasteiger partial charge in [-0.05, 0) is 64.2 Å². The quantitative estimate of drug-likeness (QED) is 0.441. The van der Waals surface area contributed by atoms with Crippen LogP contribution >= 0.6 is 0 Å². The van der Waals surface area contributed by atoms with Crippen molar-refractivity contribution in [3.8, 4) is 5.75 Å². The summed E-state index contributed by atoms with van der Waals surface area (Å²) in [6, 6.07) is 32.9. The van der Waals surface area contributed by atoms with Gasteiger partial charge in [-0.1, -0.05) is 60.7 Å². The summed E-state index contributed by atoms with van der Waals surface area (Å²) < 4.78 is 5.48. The van der Waals surface area contributed by atoms with Crippen LogP contribution in [0.5, 0.6) is 5.75 Å². The normalized spacial score (nSPS) is 16.0. The smallest absolute Gasteiger partial charge is 0.119 e. The second kappa shape index (κ2) is 7.05. The Morgan fingerprint density at radius 1 is 0.786 bits per heavy atom. The highest BCUT2D eigenvalue weighted by Gasteiger charge is 2.29. The van der Waals surface area contributed by atoms with Gasteiger partial charge in [0.25, 0.3) is 0 Å². The lowest BCUT2D eigenvalue weighted by molar-refractivity contribution is 0.413. The molecule has 2 nitrogen and oxygen atoms in total. The van der Waals surface area contributed by atoms with Crippen molar-refractivity contribution < 1.29 is 4.74 Å². The summed E-state index contributed by atoms with van der Waals surface area (Å²) in [5.41, 5.74) is 5.34. The molecule has 0 saturated heterocycles. The number of ether oxygens (including phenoxy) is 1. The summed E-state index contributed by atoms with van der Waals surface area (Å²) in [5.74, 6) is 0.934. The van der Waals surface area contributed by atoms with E-state index in [0.717, 1.165) is 18.7 Å². The molecular weight excluding hydrogens is 342 g/mol. The third kappa shape index (κ3) is 2.91. The van der Waals surface area contributed by atoms with E-state index < -0.39 is 0 Å². The van der Waals surface area contributed by atoms with Crippen LogP contribution < -0.4 is 9.64 Å². The van der Waals surface area contributed by atoms with E-state index in [9.17, 15) is 0 Å². The van der Waals surface area contributed by atoms with Crippen LogP contribution in [-0.2, 0) is 6.42 Å². The molecule has 1 aliphatic heterocycles. The highest BCUT2D eigenvalue weighted by Crippen LogP contribution is 2.40. The number of fused-ring (bicyclic) bond motifs is 2. The number of anilines is 1. The summed E-state index contributed by atoms with van der Waals surface area (Å²) in [6.07, 6.45) is 1.02. The molecule has 0 aliphatic carbocycles. The van der Waals surface area contributed by atoms with Gasteiger partial charge in [0, 0.05) is 12.2 Å². The average Bonchev–Trinajstić information content (AvgIpc) is 2.78. The fourth-order valence-electron chi connectivity index (χ4n) is 4.37. The lowest BCUT2D eigenvalue weighted by Gasteiger charge is -2.39. The van der Waals surface area contributed by atoms with Crippen LogP contribution in [0, 0.1) is 0 Å². The van der Waals surface area contributed by atoms with Crippen LogP contribution in [0.1, 0.15) is 22.7 Å². The molecule has 0 saturated carbocycles. The van der Waals surface area contributed by atoms with Gasteiger partial charge in [-0.3, -0.25) is 0 Å². The van der Waals surface area contributed by atoms with Gasteiger partial charge in [-0.2, -0.15) is 0 Å². The monoisotopic (exact) mass is 365 g/mol. The van der Waals surface area contributed by atoms with E-state index in [4.69, 9.17) is 4.74 Å². The molecule has 0 radical (unpaired) electrons. The third-order valence-electron chi connectivity index (χ3n) is 5.76. The molecule has 0 spiro atoms. The van der Waals surface area contributed by atoms with Gasteiger partial charge in [-0.15, -0.1) is 0 Å². The van der Waals surface area contributed by atoms with Gasteiger partial charge in [-0.25, -0.2) is 0 Å². The number of hydrogen-bond acceptors (Lipinski definition) is 2. The summed E-state index contributed by atoms with van der Waals surface area (Å²) >= 11 is 0. The number of benzene rings is 4. The summed E-state index contributed by atoms with van der Waals surface area (Å²) in [7, 11) is 1.74. The molecule has 0 N–H and O–H groups in total. The Morgan fingerprint density at radius 3 is 2.39 bits per heavy atom. The number of nitrogens with zero attached hydrogens (tertiary/aromatic N) is 1. The van der Waals surface area contributed by atoms with E-state index in [2.05, 4.69) is 95.9 Å². The first-order valence-electron chi connectivity index (χ1n) is 9.81. The first-order chi connectivity index (χ1) is 13.8. The molecular formula is C26H23NO. The van der Waals surface area contributed by atoms with Crippen LogP contribution in [0.4, 0.5) is 5.69 Å². The molecule has 4 aromatic carbocycles. The van der Waals surface area contributed by atoms with E-state index in [1.165, 1.54) is 33.2 Å². The van der Waals surface area contributed by atoms with Crippen molar-refractivity contribution in [2.75, 3.05) is 18.6 Å². The van der Waals surface area contributed by atoms with E-state index in [1.54, 1.807) is 7.11 Å². The first-order valence-corrected chi connectivity index (χ1v) is 9.81. The predicted octanol–water partition coefficient (Wildman–Crippen LogP) is 6.00. The van der Waals surface area contributed by atoms with Crippen LogP contribution in [0.25, 0.3) is 10.8 Å². The largest absolute Gasteiger partial charge is 0.497 e. The fourth-order valence-corrected chi connectivity index (χ4v) is 4.37. The number of hydrogen-bond donors (Lipinski definition) is 0. The van der Waals surface area contributed by atoms with Gasteiger partial charge in [0.15, 0.2) is 0 Å². The van der Waals surface area contributed by atoms with Crippen molar-refractivity contribution in [3.05, 3.63) is 108 Å². The van der Waals surface area contributed by atoms with Crippen molar-refractivity contribution in [3.63, 3.8) is 0 Å². The van der Waals surface area contributed by atoms with Crippen molar-refractivity contribution in [1.29, 1.82) is 0 Å². The van der Waals surface area contributed by atoms with Crippen molar-refractivity contribution >= 4 is 16.5 Å². The zero-order valence-electron chi connectivity index (χ0n) is 16.0. The zero-order chi connectivity index (χ0) is 18.9. The molecule has 1 unspecified atom stereocenters. The molecule has 4 aromatic rings. The Morgan fingerprint density at radius 2 is 1.57 bits per heavy atom. The Labute approximate surface area is 166 Å². The molecule has 1 aliphatic rings. The topological polar surface area (TPSA) is 12.5 Å².